The van der Waals surface area contributed by atoms with Gasteiger partial charge in [0.15, 0.2) is 0 Å². The molecule has 0 spiro atoms. The zero-order chi connectivity index (χ0) is 24.5. The van der Waals surface area contributed by atoms with Crippen molar-refractivity contribution in [3.63, 3.8) is 0 Å². The van der Waals surface area contributed by atoms with Gasteiger partial charge in [0.05, 0.1) is 11.3 Å². The normalized spacial score (nSPS) is 13.7. The lowest BCUT2D eigenvalue weighted by Crippen LogP contribution is -2.46. The summed E-state index contributed by atoms with van der Waals surface area (Å²) in [7, 11) is 3.39. The number of nitrogens with two attached hydrogens (primary N) is 1. The molecule has 0 aromatic carbocycles. The highest BCUT2D eigenvalue weighted by molar-refractivity contribution is 6.02. The first kappa shape index (κ1) is 22.5. The maximum atomic E-state index is 13.0. The number of anilines is 1. The summed E-state index contributed by atoms with van der Waals surface area (Å²) >= 11 is 0. The second-order valence-corrected chi connectivity index (χ2v) is 8.63. The fourth-order valence-corrected chi connectivity index (χ4v) is 4.20. The molecule has 1 aliphatic heterocycles. The lowest BCUT2D eigenvalue weighted by atomic mass is 10.0. The van der Waals surface area contributed by atoms with E-state index in [1.54, 1.807) is 38.6 Å². The number of nitrogen functional groups attached to an aromatic ring is 1. The molecule has 5 rings (SSSR count). The third-order valence-electron chi connectivity index (χ3n) is 6.09. The molecule has 0 aliphatic carbocycles. The lowest BCUT2D eigenvalue weighted by molar-refractivity contribution is 0.0730. The van der Waals surface area contributed by atoms with Crippen LogP contribution in [0.25, 0.3) is 33.4 Å². The Balaban J connectivity index is 1.51. The van der Waals surface area contributed by atoms with Crippen molar-refractivity contribution in [3.05, 3.63) is 60.2 Å². The highest BCUT2D eigenvalue weighted by Crippen LogP contribution is 2.32. The number of piperazine rings is 1. The zero-order valence-electron chi connectivity index (χ0n) is 19.6. The minimum atomic E-state index is -0.123. The van der Waals surface area contributed by atoms with Gasteiger partial charge in [0.2, 0.25) is 0 Å². The second kappa shape index (κ2) is 9.15. The summed E-state index contributed by atoms with van der Waals surface area (Å²) in [6, 6.07) is 9.13. The van der Waals surface area contributed by atoms with E-state index < -0.39 is 0 Å². The number of aromatic amines is 1. The van der Waals surface area contributed by atoms with E-state index in [1.165, 1.54) is 11.1 Å². The molecule has 1 fully saturated rings. The summed E-state index contributed by atoms with van der Waals surface area (Å²) in [4.78, 5) is 44.9. The molecule has 10 nitrogen and oxygen atoms in total. The third-order valence-corrected chi connectivity index (χ3v) is 6.09. The van der Waals surface area contributed by atoms with Crippen LogP contribution in [-0.4, -0.2) is 81.8 Å². The molecule has 0 atom stereocenters. The SMILES string of the molecule is CN(C)C(=O)c1ccc(-c2cc(-c3ccnc4[nH]c(C(=O)N5CCNCC5)cc34)cnc2N)nc1. The first-order valence-corrected chi connectivity index (χ1v) is 11.3. The number of rotatable bonds is 4. The van der Waals surface area contributed by atoms with E-state index in [0.717, 1.165) is 29.6 Å². The molecule has 4 aromatic rings. The second-order valence-electron chi connectivity index (χ2n) is 8.63. The van der Waals surface area contributed by atoms with Crippen LogP contribution in [0.1, 0.15) is 20.8 Å². The van der Waals surface area contributed by atoms with E-state index in [9.17, 15) is 9.59 Å². The van der Waals surface area contributed by atoms with Crippen molar-refractivity contribution in [1.82, 2.24) is 35.1 Å². The molecule has 1 aliphatic rings. The van der Waals surface area contributed by atoms with Crippen molar-refractivity contribution in [2.75, 3.05) is 46.0 Å². The van der Waals surface area contributed by atoms with Gasteiger partial charge in [-0.25, -0.2) is 9.97 Å². The van der Waals surface area contributed by atoms with Crippen LogP contribution in [0.15, 0.2) is 48.9 Å². The maximum absolute atomic E-state index is 13.0. The van der Waals surface area contributed by atoms with E-state index in [-0.39, 0.29) is 11.8 Å². The smallest absolute Gasteiger partial charge is 0.270 e. The molecule has 0 radical (unpaired) electrons. The van der Waals surface area contributed by atoms with Gasteiger partial charge in [-0.05, 0) is 35.9 Å². The van der Waals surface area contributed by atoms with Gasteiger partial charge in [0.1, 0.15) is 17.2 Å². The van der Waals surface area contributed by atoms with Crippen molar-refractivity contribution in [2.45, 2.75) is 0 Å². The molecule has 5 heterocycles. The summed E-state index contributed by atoms with van der Waals surface area (Å²) in [6.45, 7) is 2.92. The van der Waals surface area contributed by atoms with Gasteiger partial charge < -0.3 is 25.8 Å². The van der Waals surface area contributed by atoms with Gasteiger partial charge in [0, 0.05) is 75.4 Å². The predicted molar refractivity (Wildman–Crippen MR) is 134 cm³/mol. The van der Waals surface area contributed by atoms with Gasteiger partial charge >= 0.3 is 0 Å². The van der Waals surface area contributed by atoms with E-state index in [0.29, 0.717) is 47.1 Å². The topological polar surface area (TPSA) is 133 Å². The Bertz CT molecular complexity index is 1410. The van der Waals surface area contributed by atoms with Crippen LogP contribution in [-0.2, 0) is 0 Å². The molecular weight excluding hydrogens is 444 g/mol. The molecule has 4 N–H and O–H groups in total. The minimum absolute atomic E-state index is 0.0388. The number of hydrogen-bond acceptors (Lipinski definition) is 7. The van der Waals surface area contributed by atoms with Crippen LogP contribution in [0.5, 0.6) is 0 Å². The number of H-pyrrole nitrogens is 1. The number of nitrogens with zero attached hydrogens (tertiary/aromatic N) is 5. The predicted octanol–water partition coefficient (Wildman–Crippen LogP) is 2.02. The van der Waals surface area contributed by atoms with Crippen LogP contribution in [0.2, 0.25) is 0 Å². The highest BCUT2D eigenvalue weighted by Gasteiger charge is 2.21. The summed E-state index contributed by atoms with van der Waals surface area (Å²) in [6.07, 6.45) is 4.93. The standard InChI is InChI=1S/C25H26N8O2/c1-32(2)24(34)15-3-4-20(29-13-15)19-11-16(14-30-22(19)26)17-5-6-28-23-18(17)12-21(31-23)25(35)33-9-7-27-8-10-33/h3-6,11-14,27H,7-10H2,1-2H3,(H2,26,30)(H,28,31). The molecule has 0 saturated carbocycles. The first-order valence-electron chi connectivity index (χ1n) is 11.3. The quantitative estimate of drug-likeness (QED) is 0.415. The number of carbonyl (C=O) groups excluding carboxylic acids is 2. The fraction of sp³-hybridized carbons (Fsp3) is 0.240. The monoisotopic (exact) mass is 470 g/mol. The van der Waals surface area contributed by atoms with Gasteiger partial charge in [-0.3, -0.25) is 14.6 Å². The van der Waals surface area contributed by atoms with Gasteiger partial charge in [-0.15, -0.1) is 0 Å². The average Bonchev–Trinajstić information content (AvgIpc) is 3.33. The summed E-state index contributed by atoms with van der Waals surface area (Å²) in [5, 5.41) is 4.08. The van der Waals surface area contributed by atoms with E-state index in [1.807, 2.05) is 23.1 Å². The minimum Gasteiger partial charge on any atom is -0.383 e. The summed E-state index contributed by atoms with van der Waals surface area (Å²) in [5.41, 5.74) is 10.8. The van der Waals surface area contributed by atoms with E-state index in [4.69, 9.17) is 5.73 Å². The van der Waals surface area contributed by atoms with Crippen molar-refractivity contribution < 1.29 is 9.59 Å². The lowest BCUT2D eigenvalue weighted by Gasteiger charge is -2.26. The Kier molecular flexibility index (Phi) is 5.87. The number of carbonyl (C=O) groups is 2. The number of amides is 2. The van der Waals surface area contributed by atoms with Crippen LogP contribution < -0.4 is 11.1 Å². The Morgan fingerprint density at radius 2 is 1.80 bits per heavy atom. The van der Waals surface area contributed by atoms with Crippen molar-refractivity contribution >= 4 is 28.7 Å². The molecule has 2 amide bonds. The largest absolute Gasteiger partial charge is 0.383 e. The zero-order valence-corrected chi connectivity index (χ0v) is 19.6. The number of aromatic nitrogens is 4. The van der Waals surface area contributed by atoms with Crippen molar-refractivity contribution in [3.8, 4) is 22.4 Å². The number of fused-ring (bicyclic) bond motifs is 1. The number of hydrogen-bond donors (Lipinski definition) is 3. The molecular formula is C25H26N8O2. The Hall–Kier alpha value is -4.31. The number of pyridine rings is 3. The van der Waals surface area contributed by atoms with Crippen LogP contribution in [0.3, 0.4) is 0 Å². The molecule has 4 aromatic heterocycles. The molecule has 10 heteroatoms. The number of nitrogens with one attached hydrogen (secondary N) is 2. The van der Waals surface area contributed by atoms with Crippen LogP contribution in [0.4, 0.5) is 5.82 Å². The van der Waals surface area contributed by atoms with Gasteiger partial charge in [-0.2, -0.15) is 0 Å². The fourth-order valence-electron chi connectivity index (χ4n) is 4.20. The average molecular weight is 471 g/mol. The maximum Gasteiger partial charge on any atom is 0.270 e. The Labute approximate surface area is 202 Å². The van der Waals surface area contributed by atoms with E-state index >= 15 is 0 Å². The summed E-state index contributed by atoms with van der Waals surface area (Å²) < 4.78 is 0. The van der Waals surface area contributed by atoms with Gasteiger partial charge in [-0.1, -0.05) is 0 Å². The van der Waals surface area contributed by atoms with Crippen LogP contribution >= 0.6 is 0 Å². The van der Waals surface area contributed by atoms with Crippen molar-refractivity contribution in [2.24, 2.45) is 0 Å². The van der Waals surface area contributed by atoms with Crippen LogP contribution in [0, 0.1) is 0 Å². The first-order chi connectivity index (χ1) is 16.9. The Morgan fingerprint density at radius 3 is 2.51 bits per heavy atom. The van der Waals surface area contributed by atoms with Crippen molar-refractivity contribution in [1.29, 1.82) is 0 Å². The van der Waals surface area contributed by atoms with E-state index in [2.05, 4.69) is 25.3 Å². The molecule has 1 saturated heterocycles. The molecule has 0 unspecified atom stereocenters. The van der Waals surface area contributed by atoms with Gasteiger partial charge in [0.25, 0.3) is 11.8 Å². The summed E-state index contributed by atoms with van der Waals surface area (Å²) in [5.74, 6) is 0.173. The highest BCUT2D eigenvalue weighted by atomic mass is 16.2. The molecule has 0 bridgehead atoms. The Morgan fingerprint density at radius 1 is 1.00 bits per heavy atom. The molecule has 178 valence electrons. The molecule has 35 heavy (non-hydrogen) atoms. The third kappa shape index (κ3) is 4.31.